The molecule has 3 aromatic rings. The molecule has 0 saturated heterocycles. The van der Waals surface area contributed by atoms with Gasteiger partial charge in [0, 0.05) is 40.6 Å². The summed E-state index contributed by atoms with van der Waals surface area (Å²) in [7, 11) is 0. The van der Waals surface area contributed by atoms with Crippen molar-refractivity contribution in [1.82, 2.24) is 9.97 Å². The van der Waals surface area contributed by atoms with Gasteiger partial charge in [-0.15, -0.1) is 0 Å². The van der Waals surface area contributed by atoms with Gasteiger partial charge < -0.3 is 10.3 Å². The van der Waals surface area contributed by atoms with E-state index in [1.54, 1.807) is 12.3 Å². The SMILES string of the molecule is Clc1ccc2c(CNc3ccnc(Cl)c3)c[nH]c2c1. The molecular weight excluding hydrogens is 281 g/mol. The normalized spacial score (nSPS) is 10.8. The summed E-state index contributed by atoms with van der Waals surface area (Å²) >= 11 is 11.8. The predicted molar refractivity (Wildman–Crippen MR) is 79.9 cm³/mol. The van der Waals surface area contributed by atoms with Crippen LogP contribution in [-0.4, -0.2) is 9.97 Å². The largest absolute Gasteiger partial charge is 0.381 e. The fourth-order valence-corrected chi connectivity index (χ4v) is 2.36. The van der Waals surface area contributed by atoms with E-state index in [4.69, 9.17) is 23.2 Å². The number of aromatic nitrogens is 2. The molecule has 2 aromatic heterocycles. The molecule has 0 aliphatic heterocycles. The maximum atomic E-state index is 5.96. The number of anilines is 1. The number of rotatable bonds is 3. The lowest BCUT2D eigenvalue weighted by atomic mass is 10.2. The standard InChI is InChI=1S/C14H11Cl2N3/c15-10-1-2-12-9(8-19-13(12)5-10)7-18-11-3-4-17-14(16)6-11/h1-6,8,19H,7H2,(H,17,18). The third kappa shape index (κ3) is 2.67. The minimum absolute atomic E-state index is 0.482. The first-order chi connectivity index (χ1) is 9.22. The molecule has 0 spiro atoms. The molecule has 19 heavy (non-hydrogen) atoms. The highest BCUT2D eigenvalue weighted by atomic mass is 35.5. The van der Waals surface area contributed by atoms with E-state index in [1.165, 1.54) is 5.56 Å². The Morgan fingerprint density at radius 1 is 1.16 bits per heavy atom. The van der Waals surface area contributed by atoms with Gasteiger partial charge in [0.15, 0.2) is 0 Å². The molecule has 3 nitrogen and oxygen atoms in total. The van der Waals surface area contributed by atoms with E-state index in [1.807, 2.05) is 30.5 Å². The summed E-state index contributed by atoms with van der Waals surface area (Å²) in [6.45, 7) is 0.710. The lowest BCUT2D eigenvalue weighted by Crippen LogP contribution is -1.98. The van der Waals surface area contributed by atoms with Crippen LogP contribution in [0.15, 0.2) is 42.7 Å². The number of benzene rings is 1. The van der Waals surface area contributed by atoms with Crippen LogP contribution < -0.4 is 5.32 Å². The Kier molecular flexibility index (Phi) is 3.32. The summed E-state index contributed by atoms with van der Waals surface area (Å²) in [4.78, 5) is 7.16. The van der Waals surface area contributed by atoms with E-state index in [0.29, 0.717) is 11.7 Å². The molecule has 0 atom stereocenters. The highest BCUT2D eigenvalue weighted by Gasteiger charge is 2.04. The van der Waals surface area contributed by atoms with Crippen molar-refractivity contribution in [2.75, 3.05) is 5.32 Å². The minimum atomic E-state index is 0.482. The second-order valence-electron chi connectivity index (χ2n) is 4.22. The highest BCUT2D eigenvalue weighted by molar-refractivity contribution is 6.31. The molecule has 1 aromatic carbocycles. The quantitative estimate of drug-likeness (QED) is 0.699. The summed E-state index contributed by atoms with van der Waals surface area (Å²) < 4.78 is 0. The van der Waals surface area contributed by atoms with Crippen LogP contribution >= 0.6 is 23.2 Å². The van der Waals surface area contributed by atoms with Gasteiger partial charge in [0.2, 0.25) is 0 Å². The summed E-state index contributed by atoms with van der Waals surface area (Å²) in [5, 5.41) is 5.69. The molecule has 0 radical (unpaired) electrons. The number of hydrogen-bond acceptors (Lipinski definition) is 2. The Hall–Kier alpha value is -1.71. The number of hydrogen-bond donors (Lipinski definition) is 2. The van der Waals surface area contributed by atoms with E-state index in [9.17, 15) is 0 Å². The van der Waals surface area contributed by atoms with Gasteiger partial charge in [0.1, 0.15) is 5.15 Å². The average molecular weight is 292 g/mol. The Labute approximate surface area is 120 Å². The molecule has 0 aliphatic rings. The van der Waals surface area contributed by atoms with Gasteiger partial charge in [0.05, 0.1) is 0 Å². The monoisotopic (exact) mass is 291 g/mol. The van der Waals surface area contributed by atoms with E-state index in [2.05, 4.69) is 15.3 Å². The van der Waals surface area contributed by atoms with Gasteiger partial charge in [-0.2, -0.15) is 0 Å². The van der Waals surface area contributed by atoms with Crippen LogP contribution in [0.25, 0.3) is 10.9 Å². The van der Waals surface area contributed by atoms with Crippen molar-refractivity contribution in [3.05, 3.63) is 58.5 Å². The number of aromatic amines is 1. The molecule has 0 unspecified atom stereocenters. The zero-order valence-electron chi connectivity index (χ0n) is 9.95. The number of H-pyrrole nitrogens is 1. The smallest absolute Gasteiger partial charge is 0.131 e. The van der Waals surface area contributed by atoms with Crippen LogP contribution in [0.5, 0.6) is 0 Å². The van der Waals surface area contributed by atoms with E-state index < -0.39 is 0 Å². The van der Waals surface area contributed by atoms with Crippen LogP contribution in [0.2, 0.25) is 10.2 Å². The van der Waals surface area contributed by atoms with Crippen molar-refractivity contribution < 1.29 is 0 Å². The molecule has 2 heterocycles. The maximum absolute atomic E-state index is 5.96. The summed E-state index contributed by atoms with van der Waals surface area (Å²) in [5.74, 6) is 0. The van der Waals surface area contributed by atoms with Gasteiger partial charge in [0.25, 0.3) is 0 Å². The van der Waals surface area contributed by atoms with Crippen molar-refractivity contribution in [3.8, 4) is 0 Å². The molecule has 0 bridgehead atoms. The van der Waals surface area contributed by atoms with Crippen molar-refractivity contribution >= 4 is 39.8 Å². The zero-order valence-corrected chi connectivity index (χ0v) is 11.5. The van der Waals surface area contributed by atoms with Crippen molar-refractivity contribution in [3.63, 3.8) is 0 Å². The first-order valence-corrected chi connectivity index (χ1v) is 6.59. The topological polar surface area (TPSA) is 40.7 Å². The fraction of sp³-hybridized carbons (Fsp3) is 0.0714. The molecule has 0 aliphatic carbocycles. The Bertz CT molecular complexity index is 722. The first-order valence-electron chi connectivity index (χ1n) is 5.83. The molecule has 2 N–H and O–H groups in total. The Balaban J connectivity index is 1.82. The lowest BCUT2D eigenvalue weighted by Gasteiger charge is -2.05. The molecular formula is C14H11Cl2N3. The van der Waals surface area contributed by atoms with Gasteiger partial charge in [-0.05, 0) is 29.8 Å². The molecule has 3 rings (SSSR count). The van der Waals surface area contributed by atoms with E-state index >= 15 is 0 Å². The van der Waals surface area contributed by atoms with Crippen molar-refractivity contribution in [2.24, 2.45) is 0 Å². The van der Waals surface area contributed by atoms with Gasteiger partial charge in [-0.25, -0.2) is 4.98 Å². The third-order valence-corrected chi connectivity index (χ3v) is 3.38. The number of pyridine rings is 1. The molecule has 0 amide bonds. The second kappa shape index (κ2) is 5.11. The van der Waals surface area contributed by atoms with Gasteiger partial charge >= 0.3 is 0 Å². The summed E-state index contributed by atoms with van der Waals surface area (Å²) in [6, 6.07) is 9.52. The van der Waals surface area contributed by atoms with Crippen molar-refractivity contribution in [2.45, 2.75) is 6.54 Å². The summed E-state index contributed by atoms with van der Waals surface area (Å²) in [5.41, 5.74) is 3.17. The van der Waals surface area contributed by atoms with E-state index in [0.717, 1.165) is 21.6 Å². The maximum Gasteiger partial charge on any atom is 0.131 e. The number of nitrogens with zero attached hydrogens (tertiary/aromatic N) is 1. The average Bonchev–Trinajstić information content (AvgIpc) is 2.78. The molecule has 0 saturated carbocycles. The summed E-state index contributed by atoms with van der Waals surface area (Å²) in [6.07, 6.45) is 3.66. The Morgan fingerprint density at radius 3 is 2.89 bits per heavy atom. The highest BCUT2D eigenvalue weighted by Crippen LogP contribution is 2.23. The fourth-order valence-electron chi connectivity index (χ4n) is 2.01. The van der Waals surface area contributed by atoms with Crippen LogP contribution in [-0.2, 0) is 6.54 Å². The van der Waals surface area contributed by atoms with Crippen LogP contribution in [0.3, 0.4) is 0 Å². The number of halogens is 2. The second-order valence-corrected chi connectivity index (χ2v) is 5.05. The van der Waals surface area contributed by atoms with E-state index in [-0.39, 0.29) is 0 Å². The molecule has 96 valence electrons. The molecule has 0 fully saturated rings. The van der Waals surface area contributed by atoms with Crippen LogP contribution in [0.1, 0.15) is 5.56 Å². The van der Waals surface area contributed by atoms with Gasteiger partial charge in [-0.3, -0.25) is 0 Å². The molecule has 5 heteroatoms. The third-order valence-electron chi connectivity index (χ3n) is 2.94. The predicted octanol–water partition coefficient (Wildman–Crippen LogP) is 4.48. The van der Waals surface area contributed by atoms with Crippen LogP contribution in [0, 0.1) is 0 Å². The minimum Gasteiger partial charge on any atom is -0.381 e. The first kappa shape index (κ1) is 12.3. The van der Waals surface area contributed by atoms with Gasteiger partial charge in [-0.1, -0.05) is 29.3 Å². The zero-order chi connectivity index (χ0) is 13.2. The Morgan fingerprint density at radius 2 is 2.05 bits per heavy atom. The number of fused-ring (bicyclic) bond motifs is 1. The lowest BCUT2D eigenvalue weighted by molar-refractivity contribution is 1.15. The van der Waals surface area contributed by atoms with Crippen LogP contribution in [0.4, 0.5) is 5.69 Å². The number of nitrogens with one attached hydrogen (secondary N) is 2. The van der Waals surface area contributed by atoms with Crippen molar-refractivity contribution in [1.29, 1.82) is 0 Å².